The number of rotatable bonds is 4. The van der Waals surface area contributed by atoms with E-state index in [1.165, 1.54) is 0 Å². The molecule has 1 fully saturated rings. The molecule has 1 aromatic heterocycles. The summed E-state index contributed by atoms with van der Waals surface area (Å²) in [5.41, 5.74) is -3.55. The van der Waals surface area contributed by atoms with Crippen LogP contribution in [-0.2, 0) is 14.0 Å². The quantitative estimate of drug-likeness (QED) is 0.377. The van der Waals surface area contributed by atoms with Gasteiger partial charge in [0.2, 0.25) is 0 Å². The number of hydrogen-bond acceptors (Lipinski definition) is 7. The predicted molar refractivity (Wildman–Crippen MR) is 69.9 cm³/mol. The van der Waals surface area contributed by atoms with E-state index in [2.05, 4.69) is 0 Å². The maximum absolute atomic E-state index is 11.7. The Morgan fingerprint density at radius 2 is 2.14 bits per heavy atom. The van der Waals surface area contributed by atoms with Gasteiger partial charge in [-0.3, -0.25) is 18.9 Å². The number of ether oxygens (including phenoxy) is 2. The van der Waals surface area contributed by atoms with Gasteiger partial charge in [-0.15, -0.1) is 0 Å². The van der Waals surface area contributed by atoms with Crippen molar-refractivity contribution in [3.05, 3.63) is 33.1 Å². The molecule has 0 aliphatic carbocycles. The smallest absolute Gasteiger partial charge is 0.351 e. The normalized spacial score (nSPS) is 32.3. The van der Waals surface area contributed by atoms with Gasteiger partial charge in [-0.1, -0.05) is 0 Å². The minimum absolute atomic E-state index is 0.659. The molecule has 5 N–H and O–H groups in total. The van der Waals surface area contributed by atoms with Crippen molar-refractivity contribution in [1.82, 2.24) is 9.55 Å². The molecule has 4 atom stereocenters. The van der Waals surface area contributed by atoms with Crippen molar-refractivity contribution in [2.75, 3.05) is 6.35 Å². The lowest BCUT2D eigenvalue weighted by molar-refractivity contribution is -0.169. The molecule has 12 heteroatoms. The van der Waals surface area contributed by atoms with Crippen LogP contribution in [0.2, 0.25) is 0 Å². The summed E-state index contributed by atoms with van der Waals surface area (Å²) in [6.07, 6.45) is -4.64. The Morgan fingerprint density at radius 3 is 2.68 bits per heavy atom. The lowest BCUT2D eigenvalue weighted by Gasteiger charge is -2.26. The van der Waals surface area contributed by atoms with E-state index in [0.717, 1.165) is 23.8 Å². The molecule has 1 unspecified atom stereocenters. The minimum atomic E-state index is -4.51. The number of aromatic amines is 1. The average Bonchev–Trinajstić information content (AvgIpc) is 2.59. The van der Waals surface area contributed by atoms with Crippen LogP contribution >= 0.6 is 7.60 Å². The maximum Gasteiger partial charge on any atom is 0.351 e. The number of H-pyrrole nitrogens is 1. The summed E-state index contributed by atoms with van der Waals surface area (Å²) in [6.45, 7) is 1.15. The van der Waals surface area contributed by atoms with Crippen LogP contribution in [0, 0.1) is 0 Å². The largest absolute Gasteiger partial charge is 0.385 e. The monoisotopic (exact) mass is 338 g/mol. The number of nitrogens with one attached hydrogen (secondary N) is 1. The molecule has 11 nitrogen and oxygen atoms in total. The Kier molecular flexibility index (Phi) is 4.42. The van der Waals surface area contributed by atoms with Crippen LogP contribution in [-0.4, -0.2) is 53.9 Å². The Labute approximate surface area is 122 Å². The zero-order valence-electron chi connectivity index (χ0n) is 11.3. The van der Waals surface area contributed by atoms with Crippen molar-refractivity contribution >= 4 is 7.60 Å². The van der Waals surface area contributed by atoms with Gasteiger partial charge < -0.3 is 29.5 Å². The highest BCUT2D eigenvalue weighted by Gasteiger charge is 2.54. The van der Waals surface area contributed by atoms with Crippen molar-refractivity contribution in [3.63, 3.8) is 0 Å². The summed E-state index contributed by atoms with van der Waals surface area (Å²) >= 11 is 0. The van der Waals surface area contributed by atoms with Gasteiger partial charge in [-0.2, -0.15) is 0 Å². The molecule has 1 saturated heterocycles. The number of aromatic nitrogens is 2. The van der Waals surface area contributed by atoms with Crippen molar-refractivity contribution < 1.29 is 34.0 Å². The first kappa shape index (κ1) is 17.0. The first-order valence-corrected chi connectivity index (χ1v) is 7.85. The molecule has 0 saturated carbocycles. The molecule has 0 aromatic carbocycles. The van der Waals surface area contributed by atoms with Crippen LogP contribution in [0.5, 0.6) is 0 Å². The van der Waals surface area contributed by atoms with Gasteiger partial charge in [0.15, 0.2) is 18.9 Å². The van der Waals surface area contributed by atoms with Crippen molar-refractivity contribution in [1.29, 1.82) is 0 Å². The second kappa shape index (κ2) is 5.70. The molecular formula is C10H15N2O9P. The fourth-order valence-corrected chi connectivity index (χ4v) is 2.36. The third-order valence-corrected chi connectivity index (χ3v) is 3.62. The maximum atomic E-state index is 11.7. The lowest BCUT2D eigenvalue weighted by Crippen LogP contribution is -2.46. The molecule has 2 heterocycles. The molecule has 1 aliphatic heterocycles. The van der Waals surface area contributed by atoms with E-state index in [4.69, 9.17) is 19.3 Å². The van der Waals surface area contributed by atoms with E-state index in [9.17, 15) is 24.4 Å². The van der Waals surface area contributed by atoms with Crippen LogP contribution in [0.1, 0.15) is 13.2 Å². The molecule has 124 valence electrons. The second-order valence-electron chi connectivity index (χ2n) is 5.01. The lowest BCUT2D eigenvalue weighted by atomic mass is 9.99. The first-order chi connectivity index (χ1) is 10.0. The van der Waals surface area contributed by atoms with Gasteiger partial charge in [0.25, 0.3) is 5.56 Å². The summed E-state index contributed by atoms with van der Waals surface area (Å²) in [7, 11) is -4.51. The summed E-state index contributed by atoms with van der Waals surface area (Å²) in [5, 5.41) is 20.2. The van der Waals surface area contributed by atoms with Gasteiger partial charge in [0, 0.05) is 12.3 Å². The van der Waals surface area contributed by atoms with Crippen LogP contribution in [0.4, 0.5) is 0 Å². The van der Waals surface area contributed by atoms with Gasteiger partial charge in [0.1, 0.15) is 11.7 Å². The van der Waals surface area contributed by atoms with E-state index in [-0.39, 0.29) is 0 Å². The number of nitrogens with zero attached hydrogens (tertiary/aromatic N) is 1. The van der Waals surface area contributed by atoms with Crippen LogP contribution < -0.4 is 11.2 Å². The Bertz CT molecular complexity index is 705. The topological polar surface area (TPSA) is 171 Å². The molecular weight excluding hydrogens is 323 g/mol. The van der Waals surface area contributed by atoms with Gasteiger partial charge in [0.05, 0.1) is 0 Å². The Morgan fingerprint density at radius 1 is 1.50 bits per heavy atom. The number of aliphatic hydroxyl groups is 2. The van der Waals surface area contributed by atoms with E-state index < -0.39 is 49.4 Å². The third kappa shape index (κ3) is 3.36. The van der Waals surface area contributed by atoms with Crippen LogP contribution in [0.15, 0.2) is 21.9 Å². The number of hydrogen-bond donors (Lipinski definition) is 5. The van der Waals surface area contributed by atoms with Gasteiger partial charge in [-0.05, 0) is 6.92 Å². The molecule has 0 radical (unpaired) electrons. The molecule has 22 heavy (non-hydrogen) atoms. The molecule has 0 spiro atoms. The van der Waals surface area contributed by atoms with Gasteiger partial charge >= 0.3 is 13.3 Å². The standard InChI is InChI=1S/C10H15N2O9P/c1-10(16)6(14)7(20-4-22(17,18)19)21-8(10)12-3-2-5(13)11-9(12)15/h2-3,6-8,14,16H,4H2,1H3,(H,11,13,15)(H2,17,18,19)/t6-,7-,8+,10?/m0/s1. The minimum Gasteiger partial charge on any atom is -0.385 e. The summed E-state index contributed by atoms with van der Waals surface area (Å²) in [4.78, 5) is 42.2. The Hall–Kier alpha value is -1.33. The molecule has 1 aliphatic rings. The van der Waals surface area contributed by atoms with E-state index in [1.54, 1.807) is 0 Å². The van der Waals surface area contributed by atoms with Crippen molar-refractivity contribution in [3.8, 4) is 0 Å². The highest BCUT2D eigenvalue weighted by atomic mass is 31.2. The Balaban J connectivity index is 2.28. The van der Waals surface area contributed by atoms with Crippen molar-refractivity contribution in [2.24, 2.45) is 0 Å². The van der Waals surface area contributed by atoms with E-state index in [1.807, 2.05) is 4.98 Å². The van der Waals surface area contributed by atoms with E-state index in [0.29, 0.717) is 0 Å². The summed E-state index contributed by atoms with van der Waals surface area (Å²) in [5.74, 6) is 0. The SMILES string of the molecule is CC1(O)[C@@H](O)[C@@H](OCP(=O)(O)O)O[C@H]1n1ccc(=O)[nH]c1=O. The van der Waals surface area contributed by atoms with Crippen LogP contribution in [0.25, 0.3) is 0 Å². The first-order valence-electron chi connectivity index (χ1n) is 6.06. The fraction of sp³-hybridized carbons (Fsp3) is 0.600. The average molecular weight is 338 g/mol. The third-order valence-electron chi connectivity index (χ3n) is 3.13. The van der Waals surface area contributed by atoms with Crippen LogP contribution in [0.3, 0.4) is 0 Å². The summed E-state index contributed by atoms with van der Waals surface area (Å²) < 4.78 is 21.5. The van der Waals surface area contributed by atoms with Gasteiger partial charge in [-0.25, -0.2) is 4.79 Å². The second-order valence-corrected chi connectivity index (χ2v) is 6.59. The molecule has 0 bridgehead atoms. The van der Waals surface area contributed by atoms with Crippen molar-refractivity contribution in [2.45, 2.75) is 31.1 Å². The number of aliphatic hydroxyl groups excluding tert-OH is 1. The fourth-order valence-electron chi connectivity index (χ4n) is 2.02. The van der Waals surface area contributed by atoms with E-state index >= 15 is 0 Å². The highest BCUT2D eigenvalue weighted by molar-refractivity contribution is 7.51. The summed E-state index contributed by atoms with van der Waals surface area (Å²) in [6, 6.07) is 1.01. The molecule has 1 aromatic rings. The molecule has 0 amide bonds. The zero-order valence-corrected chi connectivity index (χ0v) is 12.2. The highest BCUT2D eigenvalue weighted by Crippen LogP contribution is 2.41. The predicted octanol–water partition coefficient (Wildman–Crippen LogP) is -2.34. The zero-order chi connectivity index (χ0) is 16.7. The molecule has 2 rings (SSSR count).